The van der Waals surface area contributed by atoms with Gasteiger partial charge in [0.1, 0.15) is 0 Å². The van der Waals surface area contributed by atoms with Crippen molar-refractivity contribution >= 4 is 5.91 Å². The second-order valence-corrected chi connectivity index (χ2v) is 6.21. The minimum Gasteiger partial charge on any atom is -0.342 e. The van der Waals surface area contributed by atoms with E-state index in [9.17, 15) is 4.79 Å². The fourth-order valence-electron chi connectivity index (χ4n) is 3.14. The minimum atomic E-state index is 0.212. The molecule has 1 aliphatic rings. The van der Waals surface area contributed by atoms with Crippen molar-refractivity contribution in [3.05, 3.63) is 0 Å². The third kappa shape index (κ3) is 4.48. The molecule has 3 atom stereocenters. The maximum Gasteiger partial charge on any atom is 0.225 e. The van der Waals surface area contributed by atoms with Crippen molar-refractivity contribution in [2.24, 2.45) is 23.5 Å². The Kier molecular flexibility index (Phi) is 6.84. The Morgan fingerprint density at radius 2 is 1.89 bits per heavy atom. The van der Waals surface area contributed by atoms with Gasteiger partial charge in [-0.25, -0.2) is 0 Å². The van der Waals surface area contributed by atoms with E-state index in [1.807, 2.05) is 0 Å². The Balaban J connectivity index is 2.58. The minimum absolute atomic E-state index is 0.212. The summed E-state index contributed by atoms with van der Waals surface area (Å²) in [6.45, 7) is 10.5. The van der Waals surface area contributed by atoms with Crippen molar-refractivity contribution in [1.29, 1.82) is 0 Å². The molecule has 0 saturated heterocycles. The van der Waals surface area contributed by atoms with Crippen molar-refractivity contribution in [2.45, 2.75) is 65.8 Å². The van der Waals surface area contributed by atoms with Gasteiger partial charge >= 0.3 is 0 Å². The molecule has 1 saturated carbocycles. The highest BCUT2D eigenvalue weighted by atomic mass is 16.2. The number of nitrogens with two attached hydrogens (primary N) is 1. The quantitative estimate of drug-likeness (QED) is 0.805. The van der Waals surface area contributed by atoms with Crippen LogP contribution in [-0.4, -0.2) is 29.9 Å². The maximum absolute atomic E-state index is 12.6. The average Bonchev–Trinajstić information content (AvgIpc) is 2.42. The van der Waals surface area contributed by atoms with E-state index in [4.69, 9.17) is 5.73 Å². The topological polar surface area (TPSA) is 46.3 Å². The third-order valence-electron chi connectivity index (χ3n) is 4.91. The highest BCUT2D eigenvalue weighted by Gasteiger charge is 2.32. The monoisotopic (exact) mass is 268 g/mol. The van der Waals surface area contributed by atoms with Gasteiger partial charge in [-0.2, -0.15) is 0 Å². The van der Waals surface area contributed by atoms with Crippen LogP contribution in [0.2, 0.25) is 0 Å². The third-order valence-corrected chi connectivity index (χ3v) is 4.91. The van der Waals surface area contributed by atoms with Crippen molar-refractivity contribution in [3.8, 4) is 0 Å². The van der Waals surface area contributed by atoms with Gasteiger partial charge in [-0.3, -0.25) is 4.79 Å². The SMILES string of the molecule is CCC(CC)CN(CC)C(=O)C1CCC(N)C(C)C1. The van der Waals surface area contributed by atoms with E-state index in [0.29, 0.717) is 17.7 Å². The van der Waals surface area contributed by atoms with Crippen molar-refractivity contribution < 1.29 is 4.79 Å². The van der Waals surface area contributed by atoms with Crippen LogP contribution in [0.15, 0.2) is 0 Å². The molecule has 0 aromatic rings. The van der Waals surface area contributed by atoms with Gasteiger partial charge in [-0.15, -0.1) is 0 Å². The van der Waals surface area contributed by atoms with E-state index in [1.54, 1.807) is 0 Å². The first-order valence-electron chi connectivity index (χ1n) is 8.07. The zero-order valence-electron chi connectivity index (χ0n) is 13.2. The zero-order chi connectivity index (χ0) is 14.4. The fraction of sp³-hybridized carbons (Fsp3) is 0.938. The number of hydrogen-bond donors (Lipinski definition) is 1. The molecule has 1 aliphatic carbocycles. The molecule has 0 aliphatic heterocycles. The summed E-state index contributed by atoms with van der Waals surface area (Å²) in [5.74, 6) is 1.71. The molecule has 0 aromatic heterocycles. The summed E-state index contributed by atoms with van der Waals surface area (Å²) in [7, 11) is 0. The predicted molar refractivity (Wildman–Crippen MR) is 80.8 cm³/mol. The number of carbonyl (C=O) groups is 1. The van der Waals surface area contributed by atoms with Crippen LogP contribution in [0, 0.1) is 17.8 Å². The summed E-state index contributed by atoms with van der Waals surface area (Å²) in [4.78, 5) is 14.7. The van der Waals surface area contributed by atoms with Gasteiger partial charge in [-0.1, -0.05) is 33.6 Å². The van der Waals surface area contributed by atoms with E-state index in [2.05, 4.69) is 32.6 Å². The second-order valence-electron chi connectivity index (χ2n) is 6.21. The molecular weight excluding hydrogens is 236 g/mol. The summed E-state index contributed by atoms with van der Waals surface area (Å²) in [5, 5.41) is 0. The largest absolute Gasteiger partial charge is 0.342 e. The molecule has 3 heteroatoms. The number of nitrogens with zero attached hydrogens (tertiary/aromatic N) is 1. The summed E-state index contributed by atoms with van der Waals surface area (Å²) in [5.41, 5.74) is 6.05. The van der Waals surface area contributed by atoms with Crippen LogP contribution < -0.4 is 5.73 Å². The Labute approximate surface area is 118 Å². The molecule has 19 heavy (non-hydrogen) atoms. The van der Waals surface area contributed by atoms with E-state index in [0.717, 1.165) is 45.2 Å². The van der Waals surface area contributed by atoms with E-state index < -0.39 is 0 Å². The van der Waals surface area contributed by atoms with Crippen LogP contribution in [0.4, 0.5) is 0 Å². The van der Waals surface area contributed by atoms with E-state index >= 15 is 0 Å². The number of carbonyl (C=O) groups excluding carboxylic acids is 1. The van der Waals surface area contributed by atoms with Crippen LogP contribution in [0.3, 0.4) is 0 Å². The molecule has 1 amide bonds. The van der Waals surface area contributed by atoms with Crippen LogP contribution in [0.1, 0.15) is 59.8 Å². The lowest BCUT2D eigenvalue weighted by Gasteiger charge is -2.35. The molecule has 3 nitrogen and oxygen atoms in total. The first-order chi connectivity index (χ1) is 9.03. The highest BCUT2D eigenvalue weighted by molar-refractivity contribution is 5.79. The van der Waals surface area contributed by atoms with Gasteiger partial charge in [-0.05, 0) is 38.0 Å². The number of amides is 1. The molecule has 0 aromatic carbocycles. The van der Waals surface area contributed by atoms with Crippen LogP contribution in [-0.2, 0) is 4.79 Å². The molecule has 1 fully saturated rings. The van der Waals surface area contributed by atoms with Gasteiger partial charge < -0.3 is 10.6 Å². The summed E-state index contributed by atoms with van der Waals surface area (Å²) >= 11 is 0. The molecule has 0 spiro atoms. The fourth-order valence-corrected chi connectivity index (χ4v) is 3.14. The Morgan fingerprint density at radius 1 is 1.26 bits per heavy atom. The average molecular weight is 268 g/mol. The summed E-state index contributed by atoms with van der Waals surface area (Å²) in [6.07, 6.45) is 5.27. The molecule has 0 bridgehead atoms. The molecular formula is C16H32N2O. The normalized spacial score (nSPS) is 27.6. The van der Waals surface area contributed by atoms with Crippen LogP contribution in [0.5, 0.6) is 0 Å². The number of rotatable bonds is 6. The molecule has 1 rings (SSSR count). The molecule has 112 valence electrons. The lowest BCUT2D eigenvalue weighted by molar-refractivity contribution is -0.137. The van der Waals surface area contributed by atoms with Gasteiger partial charge in [0.2, 0.25) is 5.91 Å². The van der Waals surface area contributed by atoms with Crippen molar-refractivity contribution in [1.82, 2.24) is 4.90 Å². The Bertz CT molecular complexity index is 276. The van der Waals surface area contributed by atoms with Crippen molar-refractivity contribution in [2.75, 3.05) is 13.1 Å². The predicted octanol–water partition coefficient (Wildman–Crippen LogP) is 3.03. The molecule has 0 radical (unpaired) electrons. The highest BCUT2D eigenvalue weighted by Crippen LogP contribution is 2.29. The van der Waals surface area contributed by atoms with Gasteiger partial charge in [0.15, 0.2) is 0 Å². The standard InChI is InChI=1S/C16H32N2O/c1-5-13(6-2)11-18(7-3)16(19)14-8-9-15(17)12(4)10-14/h12-15H,5-11,17H2,1-4H3. The summed E-state index contributed by atoms with van der Waals surface area (Å²) in [6, 6.07) is 0.290. The van der Waals surface area contributed by atoms with Gasteiger partial charge in [0.25, 0.3) is 0 Å². The lowest BCUT2D eigenvalue weighted by atomic mass is 9.78. The Morgan fingerprint density at radius 3 is 2.37 bits per heavy atom. The van der Waals surface area contributed by atoms with Crippen LogP contribution in [0.25, 0.3) is 0 Å². The molecule has 3 unspecified atom stereocenters. The lowest BCUT2D eigenvalue weighted by Crippen LogP contribution is -2.43. The van der Waals surface area contributed by atoms with E-state index in [-0.39, 0.29) is 12.0 Å². The smallest absolute Gasteiger partial charge is 0.225 e. The maximum atomic E-state index is 12.6. The molecule has 2 N–H and O–H groups in total. The van der Waals surface area contributed by atoms with Crippen molar-refractivity contribution in [3.63, 3.8) is 0 Å². The van der Waals surface area contributed by atoms with Crippen LogP contribution >= 0.6 is 0 Å². The Hall–Kier alpha value is -0.570. The zero-order valence-corrected chi connectivity index (χ0v) is 13.2. The first-order valence-corrected chi connectivity index (χ1v) is 8.07. The van der Waals surface area contributed by atoms with E-state index in [1.165, 1.54) is 0 Å². The van der Waals surface area contributed by atoms with Gasteiger partial charge in [0, 0.05) is 25.0 Å². The van der Waals surface area contributed by atoms with Gasteiger partial charge in [0.05, 0.1) is 0 Å². The second kappa shape index (κ2) is 7.88. The number of hydrogen-bond acceptors (Lipinski definition) is 2. The molecule has 0 heterocycles. The summed E-state index contributed by atoms with van der Waals surface area (Å²) < 4.78 is 0. The first kappa shape index (κ1) is 16.5.